The zero-order valence-corrected chi connectivity index (χ0v) is 17.1. The Hall–Kier alpha value is -2.37. The smallest absolute Gasteiger partial charge is 0.306 e. The van der Waals surface area contributed by atoms with E-state index in [1.807, 2.05) is 42.5 Å². The number of fused-ring (bicyclic) bond motifs is 3. The van der Waals surface area contributed by atoms with Crippen LogP contribution in [0.2, 0.25) is 0 Å². The minimum Gasteiger partial charge on any atom is -0.481 e. The minimum absolute atomic E-state index is 0.0769. The Kier molecular flexibility index (Phi) is 5.03. The number of hydrogen-bond donors (Lipinski definition) is 1. The van der Waals surface area contributed by atoms with Crippen molar-refractivity contribution in [2.75, 3.05) is 19.8 Å². The van der Waals surface area contributed by atoms with Gasteiger partial charge in [-0.1, -0.05) is 30.3 Å². The molecule has 4 aliphatic rings. The Morgan fingerprint density at radius 2 is 1.80 bits per heavy atom. The van der Waals surface area contributed by atoms with Crippen LogP contribution in [-0.2, 0) is 19.9 Å². The summed E-state index contributed by atoms with van der Waals surface area (Å²) < 4.78 is 18.4. The summed E-state index contributed by atoms with van der Waals surface area (Å²) in [7, 11) is 0. The van der Waals surface area contributed by atoms with Crippen LogP contribution in [0.1, 0.15) is 37.7 Å². The monoisotopic (exact) mass is 408 g/mol. The number of carbonyl (C=O) groups is 1. The molecule has 30 heavy (non-hydrogen) atoms. The maximum absolute atomic E-state index is 11.0. The molecule has 2 aromatic rings. The summed E-state index contributed by atoms with van der Waals surface area (Å²) in [5.41, 5.74) is 1.03. The topological polar surface area (TPSA) is 65.0 Å². The third-order valence-corrected chi connectivity index (χ3v) is 7.09. The van der Waals surface area contributed by atoms with Crippen molar-refractivity contribution in [1.29, 1.82) is 0 Å². The lowest BCUT2D eigenvalue weighted by Crippen LogP contribution is -2.51. The second-order valence-corrected chi connectivity index (χ2v) is 9.18. The molecular formula is C25H28O5. The predicted octanol–water partition coefficient (Wildman–Crippen LogP) is 5.00. The van der Waals surface area contributed by atoms with Gasteiger partial charge in [0.2, 0.25) is 0 Å². The van der Waals surface area contributed by atoms with E-state index in [-0.39, 0.29) is 22.9 Å². The molecule has 2 unspecified atom stereocenters. The van der Waals surface area contributed by atoms with E-state index in [1.165, 1.54) is 5.56 Å². The van der Waals surface area contributed by atoms with Gasteiger partial charge in [-0.15, -0.1) is 0 Å². The largest absolute Gasteiger partial charge is 0.481 e. The predicted molar refractivity (Wildman–Crippen MR) is 112 cm³/mol. The Morgan fingerprint density at radius 1 is 1.03 bits per heavy atom. The Morgan fingerprint density at radius 3 is 2.47 bits per heavy atom. The van der Waals surface area contributed by atoms with Gasteiger partial charge in [0.25, 0.3) is 0 Å². The summed E-state index contributed by atoms with van der Waals surface area (Å²) in [5.74, 6) is 0.966. The number of carboxylic acid groups (broad SMARTS) is 1. The molecule has 1 N–H and O–H groups in total. The molecule has 6 rings (SSSR count). The number of ether oxygens (including phenoxy) is 3. The maximum Gasteiger partial charge on any atom is 0.306 e. The number of para-hydroxylation sites is 1. The van der Waals surface area contributed by atoms with Gasteiger partial charge in [-0.05, 0) is 67.9 Å². The fourth-order valence-electron chi connectivity index (χ4n) is 4.95. The number of hydrogen-bond acceptors (Lipinski definition) is 4. The summed E-state index contributed by atoms with van der Waals surface area (Å²) in [5, 5.41) is 9.03. The number of carboxylic acids is 1. The summed E-state index contributed by atoms with van der Waals surface area (Å²) in [4.78, 5) is 11.0. The van der Waals surface area contributed by atoms with Crippen LogP contribution in [-0.4, -0.2) is 30.9 Å². The van der Waals surface area contributed by atoms with Crippen LogP contribution in [0.15, 0.2) is 54.6 Å². The molecule has 2 heterocycles. The van der Waals surface area contributed by atoms with E-state index in [0.29, 0.717) is 19.8 Å². The molecule has 2 saturated heterocycles. The van der Waals surface area contributed by atoms with Crippen LogP contribution in [0, 0.1) is 17.3 Å². The van der Waals surface area contributed by atoms with Crippen molar-refractivity contribution < 1.29 is 24.1 Å². The van der Waals surface area contributed by atoms with Crippen LogP contribution in [0.3, 0.4) is 0 Å². The van der Waals surface area contributed by atoms with Crippen molar-refractivity contribution in [3.8, 4) is 11.5 Å². The van der Waals surface area contributed by atoms with E-state index in [2.05, 4.69) is 12.1 Å². The first-order valence-electron chi connectivity index (χ1n) is 10.9. The molecule has 2 aliphatic carbocycles. The molecular weight excluding hydrogens is 380 g/mol. The highest BCUT2D eigenvalue weighted by atomic mass is 16.5. The Balaban J connectivity index is 1.19. The molecule has 0 amide bonds. The lowest BCUT2D eigenvalue weighted by molar-refractivity contribution is -0.205. The quantitative estimate of drug-likeness (QED) is 0.666. The van der Waals surface area contributed by atoms with Gasteiger partial charge in [-0.3, -0.25) is 4.79 Å². The van der Waals surface area contributed by atoms with E-state index < -0.39 is 5.97 Å². The van der Waals surface area contributed by atoms with Crippen molar-refractivity contribution in [2.45, 2.75) is 37.7 Å². The molecule has 0 radical (unpaired) electrons. The normalized spacial score (nSPS) is 32.0. The van der Waals surface area contributed by atoms with Crippen molar-refractivity contribution in [2.24, 2.45) is 17.3 Å². The van der Waals surface area contributed by atoms with Crippen LogP contribution in [0.5, 0.6) is 11.5 Å². The third-order valence-electron chi connectivity index (χ3n) is 7.09. The molecule has 2 bridgehead atoms. The SMILES string of the molecule is O=C(O)C1CC1COCC12CCC(c3cccc(Oc4ccccc4)c3)(CC1)OC2. The summed E-state index contributed by atoms with van der Waals surface area (Å²) in [6, 6.07) is 18.1. The van der Waals surface area contributed by atoms with Crippen molar-refractivity contribution in [3.05, 3.63) is 60.2 Å². The summed E-state index contributed by atoms with van der Waals surface area (Å²) in [6.07, 6.45) is 4.86. The highest BCUT2D eigenvalue weighted by Gasteiger charge is 2.51. The number of benzene rings is 2. The van der Waals surface area contributed by atoms with Gasteiger partial charge in [0.15, 0.2) is 0 Å². The van der Waals surface area contributed by atoms with E-state index in [1.54, 1.807) is 0 Å². The van der Waals surface area contributed by atoms with Crippen molar-refractivity contribution in [3.63, 3.8) is 0 Å². The molecule has 2 aliphatic heterocycles. The van der Waals surface area contributed by atoms with E-state index in [9.17, 15) is 4.79 Å². The molecule has 2 saturated carbocycles. The van der Waals surface area contributed by atoms with Crippen molar-refractivity contribution >= 4 is 5.97 Å². The molecule has 5 nitrogen and oxygen atoms in total. The zero-order valence-electron chi connectivity index (χ0n) is 17.1. The summed E-state index contributed by atoms with van der Waals surface area (Å²) in [6.45, 7) is 1.93. The van der Waals surface area contributed by atoms with Gasteiger partial charge in [0.05, 0.1) is 31.3 Å². The summed E-state index contributed by atoms with van der Waals surface area (Å²) >= 11 is 0. The standard InChI is InChI=1S/C25H28O5/c26-23(27)22-13-18(22)15-28-16-24-9-11-25(12-10-24,29-17-24)19-5-4-8-21(14-19)30-20-6-2-1-3-7-20/h1-8,14,18,22H,9-13,15-17H2,(H,26,27). The van der Waals surface area contributed by atoms with Crippen LogP contribution < -0.4 is 4.74 Å². The first kappa shape index (κ1) is 19.6. The van der Waals surface area contributed by atoms with E-state index in [0.717, 1.165) is 43.6 Å². The zero-order chi connectivity index (χ0) is 20.6. The molecule has 158 valence electrons. The van der Waals surface area contributed by atoms with Crippen LogP contribution in [0.25, 0.3) is 0 Å². The van der Waals surface area contributed by atoms with Gasteiger partial charge in [0, 0.05) is 5.41 Å². The van der Waals surface area contributed by atoms with Gasteiger partial charge < -0.3 is 19.3 Å². The minimum atomic E-state index is -0.691. The fraction of sp³-hybridized carbons (Fsp3) is 0.480. The molecule has 5 heteroatoms. The van der Waals surface area contributed by atoms with Crippen LogP contribution >= 0.6 is 0 Å². The lowest BCUT2D eigenvalue weighted by Gasteiger charge is -2.53. The molecule has 2 aromatic carbocycles. The van der Waals surface area contributed by atoms with E-state index >= 15 is 0 Å². The number of rotatable bonds is 8. The Labute approximate surface area is 177 Å². The highest BCUT2D eigenvalue weighted by molar-refractivity contribution is 5.73. The first-order valence-corrected chi connectivity index (χ1v) is 10.9. The molecule has 2 atom stereocenters. The average molecular weight is 408 g/mol. The Bertz CT molecular complexity index is 884. The second kappa shape index (κ2) is 7.71. The third kappa shape index (κ3) is 3.84. The van der Waals surface area contributed by atoms with Gasteiger partial charge in [-0.2, -0.15) is 0 Å². The van der Waals surface area contributed by atoms with Gasteiger partial charge >= 0.3 is 5.97 Å². The van der Waals surface area contributed by atoms with Crippen LogP contribution in [0.4, 0.5) is 0 Å². The van der Waals surface area contributed by atoms with Crippen molar-refractivity contribution in [1.82, 2.24) is 0 Å². The van der Waals surface area contributed by atoms with Gasteiger partial charge in [-0.25, -0.2) is 0 Å². The highest BCUT2D eigenvalue weighted by Crippen LogP contribution is 2.54. The maximum atomic E-state index is 11.0. The average Bonchev–Trinajstić information content (AvgIpc) is 3.56. The molecule has 0 aromatic heterocycles. The van der Waals surface area contributed by atoms with Gasteiger partial charge in [0.1, 0.15) is 11.5 Å². The lowest BCUT2D eigenvalue weighted by atomic mass is 9.64. The molecule has 0 spiro atoms. The van der Waals surface area contributed by atoms with E-state index in [4.69, 9.17) is 19.3 Å². The molecule has 4 fully saturated rings. The second-order valence-electron chi connectivity index (χ2n) is 9.18. The first-order chi connectivity index (χ1) is 14.6. The number of aliphatic carboxylic acids is 1. The fourth-order valence-corrected chi connectivity index (χ4v) is 4.95.